The highest BCUT2D eigenvalue weighted by atomic mass is 32.2. The molecular weight excluding hydrogens is 264 g/mol. The number of rotatable bonds is 5. The van der Waals surface area contributed by atoms with Crippen LogP contribution in [-0.4, -0.2) is 31.1 Å². The van der Waals surface area contributed by atoms with Gasteiger partial charge in [-0.3, -0.25) is 4.79 Å². The summed E-state index contributed by atoms with van der Waals surface area (Å²) in [7, 11) is -3.69. The second kappa shape index (κ2) is 5.34. The van der Waals surface area contributed by atoms with Gasteiger partial charge in [-0.05, 0) is 6.92 Å². The van der Waals surface area contributed by atoms with E-state index in [0.717, 1.165) is 11.3 Å². The van der Waals surface area contributed by atoms with Gasteiger partial charge in [-0.1, -0.05) is 23.5 Å². The Kier molecular flexibility index (Phi) is 4.32. The normalized spacial score (nSPS) is 11.2. The van der Waals surface area contributed by atoms with Crippen LogP contribution in [0.3, 0.4) is 0 Å². The van der Waals surface area contributed by atoms with Crippen LogP contribution in [0.1, 0.15) is 13.8 Å². The quantitative estimate of drug-likeness (QED) is 0.597. The molecule has 17 heavy (non-hydrogen) atoms. The number of sulfonamides is 1. The van der Waals surface area contributed by atoms with Gasteiger partial charge in [0.25, 0.3) is 10.0 Å². The van der Waals surface area contributed by atoms with E-state index < -0.39 is 10.0 Å². The van der Waals surface area contributed by atoms with Crippen LogP contribution in [-0.2, 0) is 14.8 Å². The fraction of sp³-hybridized carbons (Fsp3) is 0.375. The Morgan fingerprint density at radius 3 is 2.59 bits per heavy atom. The molecule has 0 saturated heterocycles. The maximum Gasteiger partial charge on any atom is 0.270 e. The summed E-state index contributed by atoms with van der Waals surface area (Å²) in [6.45, 7) is 6.72. The lowest BCUT2D eigenvalue weighted by atomic mass is 10.4. The minimum absolute atomic E-state index is 0.136. The van der Waals surface area contributed by atoms with Crippen molar-refractivity contribution in [2.45, 2.75) is 18.2 Å². The Bertz CT molecular complexity index is 535. The third-order valence-corrected chi connectivity index (χ3v) is 4.09. The van der Waals surface area contributed by atoms with E-state index in [0.29, 0.717) is 5.57 Å². The van der Waals surface area contributed by atoms with Crippen molar-refractivity contribution in [2.75, 3.05) is 11.9 Å². The fourth-order valence-electron chi connectivity index (χ4n) is 0.799. The first-order valence-electron chi connectivity index (χ1n) is 4.56. The molecule has 0 bridgehead atoms. The Morgan fingerprint density at radius 2 is 2.06 bits per heavy atom. The zero-order chi connectivity index (χ0) is 13.1. The molecule has 0 aliphatic carbocycles. The highest BCUT2D eigenvalue weighted by molar-refractivity contribution is 7.91. The molecule has 0 saturated carbocycles. The number of amides is 1. The Balaban J connectivity index is 2.81. The van der Waals surface area contributed by atoms with Gasteiger partial charge in [0.15, 0.2) is 0 Å². The first kappa shape index (κ1) is 13.7. The molecular formula is C8H12N4O3S2. The molecule has 1 heterocycles. The number of nitrogens with zero attached hydrogens (tertiary/aromatic N) is 2. The molecule has 0 aliphatic heterocycles. The fourth-order valence-corrected chi connectivity index (χ4v) is 2.88. The summed E-state index contributed by atoms with van der Waals surface area (Å²) in [6, 6.07) is 0. The van der Waals surface area contributed by atoms with E-state index in [1.165, 1.54) is 6.92 Å². The summed E-state index contributed by atoms with van der Waals surface area (Å²) < 4.78 is 25.5. The van der Waals surface area contributed by atoms with Crippen molar-refractivity contribution in [1.82, 2.24) is 14.9 Å². The molecule has 0 spiro atoms. The van der Waals surface area contributed by atoms with Crippen molar-refractivity contribution in [3.05, 3.63) is 12.2 Å². The molecule has 0 aliphatic rings. The molecule has 0 atom stereocenters. The molecule has 0 unspecified atom stereocenters. The monoisotopic (exact) mass is 276 g/mol. The lowest BCUT2D eigenvalue weighted by molar-refractivity contribution is -0.114. The van der Waals surface area contributed by atoms with Crippen molar-refractivity contribution in [1.29, 1.82) is 0 Å². The van der Waals surface area contributed by atoms with Crippen molar-refractivity contribution in [3.63, 3.8) is 0 Å². The topological polar surface area (TPSA) is 101 Å². The van der Waals surface area contributed by atoms with Crippen LogP contribution in [0.15, 0.2) is 16.5 Å². The molecule has 94 valence electrons. The summed E-state index contributed by atoms with van der Waals surface area (Å²) in [5, 5.41) is 9.54. The summed E-state index contributed by atoms with van der Waals surface area (Å²) in [5.41, 5.74) is 0.681. The van der Waals surface area contributed by atoms with Gasteiger partial charge in [-0.2, -0.15) is 0 Å². The van der Waals surface area contributed by atoms with Crippen molar-refractivity contribution in [3.8, 4) is 0 Å². The molecule has 0 radical (unpaired) electrons. The average molecular weight is 276 g/mol. The number of carbonyl (C=O) groups excluding carboxylic acids is 1. The summed E-state index contributed by atoms with van der Waals surface area (Å²) >= 11 is 0.786. The SMILES string of the molecule is C=C(C)CNS(=O)(=O)c1nnc(NC(C)=O)s1. The minimum atomic E-state index is -3.69. The molecule has 1 amide bonds. The predicted molar refractivity (Wildman–Crippen MR) is 64.2 cm³/mol. The Hall–Kier alpha value is -1.32. The third kappa shape index (κ3) is 4.21. The van der Waals surface area contributed by atoms with Gasteiger partial charge in [0.05, 0.1) is 0 Å². The van der Waals surface area contributed by atoms with Crippen molar-refractivity contribution < 1.29 is 13.2 Å². The van der Waals surface area contributed by atoms with Gasteiger partial charge >= 0.3 is 0 Å². The average Bonchev–Trinajstić information content (AvgIpc) is 2.63. The minimum Gasteiger partial charge on any atom is -0.301 e. The van der Waals surface area contributed by atoms with E-state index in [2.05, 4.69) is 26.8 Å². The molecule has 9 heteroatoms. The van der Waals surface area contributed by atoms with E-state index in [1.54, 1.807) is 6.92 Å². The maximum atomic E-state index is 11.7. The number of hydrogen-bond donors (Lipinski definition) is 2. The van der Waals surface area contributed by atoms with Crippen LogP contribution in [0, 0.1) is 0 Å². The van der Waals surface area contributed by atoms with Gasteiger partial charge in [0, 0.05) is 13.5 Å². The zero-order valence-corrected chi connectivity index (χ0v) is 11.0. The molecule has 7 nitrogen and oxygen atoms in total. The molecule has 1 aromatic rings. The third-order valence-electron chi connectivity index (χ3n) is 1.48. The summed E-state index contributed by atoms with van der Waals surface area (Å²) in [6.07, 6.45) is 0. The number of carbonyl (C=O) groups is 1. The largest absolute Gasteiger partial charge is 0.301 e. The van der Waals surface area contributed by atoms with E-state index in [-0.39, 0.29) is 21.9 Å². The van der Waals surface area contributed by atoms with Gasteiger partial charge in [-0.25, -0.2) is 13.1 Å². The Morgan fingerprint density at radius 1 is 1.41 bits per heavy atom. The highest BCUT2D eigenvalue weighted by Crippen LogP contribution is 2.19. The van der Waals surface area contributed by atoms with E-state index in [1.807, 2.05) is 0 Å². The van der Waals surface area contributed by atoms with Crippen LogP contribution >= 0.6 is 11.3 Å². The molecule has 1 aromatic heterocycles. The lowest BCUT2D eigenvalue weighted by Gasteiger charge is -2.01. The zero-order valence-electron chi connectivity index (χ0n) is 9.35. The standard InChI is InChI=1S/C8H12N4O3S2/c1-5(2)4-9-17(14,15)8-12-11-7(16-8)10-6(3)13/h9H,1,4H2,2-3H3,(H,10,11,13). The Labute approximate surface area is 103 Å². The van der Waals surface area contributed by atoms with Gasteiger partial charge in [0.1, 0.15) is 0 Å². The second-order valence-corrected chi connectivity index (χ2v) is 6.25. The van der Waals surface area contributed by atoms with Gasteiger partial charge < -0.3 is 5.32 Å². The first-order chi connectivity index (χ1) is 7.81. The van der Waals surface area contributed by atoms with Crippen LogP contribution in [0.5, 0.6) is 0 Å². The number of aromatic nitrogens is 2. The first-order valence-corrected chi connectivity index (χ1v) is 6.86. The van der Waals surface area contributed by atoms with Gasteiger partial charge in [-0.15, -0.1) is 10.2 Å². The summed E-state index contributed by atoms with van der Waals surface area (Å²) in [5.74, 6) is -0.333. The van der Waals surface area contributed by atoms with Gasteiger partial charge in [0.2, 0.25) is 15.4 Å². The second-order valence-electron chi connectivity index (χ2n) is 3.34. The highest BCUT2D eigenvalue weighted by Gasteiger charge is 2.19. The van der Waals surface area contributed by atoms with E-state index in [4.69, 9.17) is 0 Å². The number of nitrogens with one attached hydrogen (secondary N) is 2. The lowest BCUT2D eigenvalue weighted by Crippen LogP contribution is -2.25. The van der Waals surface area contributed by atoms with Crippen LogP contribution in [0.4, 0.5) is 5.13 Å². The molecule has 2 N–H and O–H groups in total. The van der Waals surface area contributed by atoms with Crippen molar-refractivity contribution in [2.24, 2.45) is 0 Å². The number of anilines is 1. The molecule has 1 rings (SSSR count). The molecule has 0 fully saturated rings. The summed E-state index contributed by atoms with van der Waals surface area (Å²) in [4.78, 5) is 10.7. The van der Waals surface area contributed by atoms with Crippen LogP contribution in [0.25, 0.3) is 0 Å². The van der Waals surface area contributed by atoms with Crippen LogP contribution < -0.4 is 10.0 Å². The molecule has 0 aromatic carbocycles. The number of hydrogen-bond acceptors (Lipinski definition) is 6. The van der Waals surface area contributed by atoms with Crippen LogP contribution in [0.2, 0.25) is 0 Å². The van der Waals surface area contributed by atoms with E-state index >= 15 is 0 Å². The predicted octanol–water partition coefficient (Wildman–Crippen LogP) is 0.351. The van der Waals surface area contributed by atoms with E-state index in [9.17, 15) is 13.2 Å². The maximum absolute atomic E-state index is 11.7. The smallest absolute Gasteiger partial charge is 0.270 e. The van der Waals surface area contributed by atoms with Crippen molar-refractivity contribution >= 4 is 32.4 Å².